The summed E-state index contributed by atoms with van der Waals surface area (Å²) in [5.74, 6) is 0.407. The summed E-state index contributed by atoms with van der Waals surface area (Å²) in [5.41, 5.74) is 3.64. The fourth-order valence-electron chi connectivity index (χ4n) is 4.03. The standard InChI is InChI=1S/C26H26Br2N6O4S2/c27-17-1-3-19-15(13-31-21(19)11-17)9-23(33-37)25(35)29-5-7-39-40-8-6-30-26(36)24(34-38)10-16-14-32-22-12-18(28)2-4-20(16)22/h1-4,11-14,31-32,37-38H,5-10H2,(H,29,35)(H,30,36)/b33-23+,34-24+. The molecule has 0 bridgehead atoms. The van der Waals surface area contributed by atoms with E-state index in [1.165, 1.54) is 0 Å². The average molecular weight is 710 g/mol. The fourth-order valence-corrected chi connectivity index (χ4v) is 6.56. The molecule has 4 aromatic rings. The van der Waals surface area contributed by atoms with E-state index in [1.54, 1.807) is 34.0 Å². The van der Waals surface area contributed by atoms with Gasteiger partial charge < -0.3 is 31.0 Å². The Morgan fingerprint density at radius 1 is 0.750 bits per heavy atom. The number of rotatable bonds is 13. The molecule has 0 aliphatic carbocycles. The maximum absolute atomic E-state index is 12.5. The number of aromatic nitrogens is 2. The minimum atomic E-state index is -0.425. The molecule has 0 fully saturated rings. The van der Waals surface area contributed by atoms with Crippen molar-refractivity contribution in [3.8, 4) is 0 Å². The van der Waals surface area contributed by atoms with E-state index < -0.39 is 11.8 Å². The summed E-state index contributed by atoms with van der Waals surface area (Å²) >= 11 is 6.86. The minimum Gasteiger partial charge on any atom is -0.410 e. The average Bonchev–Trinajstić information content (AvgIpc) is 3.53. The number of carbonyl (C=O) groups excluding carboxylic acids is 2. The second-order valence-corrected chi connectivity index (χ2v) is 13.1. The van der Waals surface area contributed by atoms with Gasteiger partial charge in [0.15, 0.2) is 0 Å². The molecule has 14 heteroatoms. The molecular weight excluding hydrogens is 684 g/mol. The molecule has 0 atom stereocenters. The summed E-state index contributed by atoms with van der Waals surface area (Å²) < 4.78 is 1.89. The number of carbonyl (C=O) groups is 2. The SMILES string of the molecule is O=C(NCCSSCCNC(=O)/C(Cc1c[nH]c2cc(Br)ccc12)=N/O)/C(Cc1c[nH]c2cc(Br)ccc12)=N/O. The van der Waals surface area contributed by atoms with Crippen LogP contribution in [0.25, 0.3) is 21.8 Å². The normalized spacial score (nSPS) is 12.2. The highest BCUT2D eigenvalue weighted by atomic mass is 79.9. The first-order valence-electron chi connectivity index (χ1n) is 12.1. The number of H-pyrrole nitrogens is 2. The zero-order chi connectivity index (χ0) is 28.5. The van der Waals surface area contributed by atoms with E-state index in [-0.39, 0.29) is 24.3 Å². The van der Waals surface area contributed by atoms with Crippen molar-refractivity contribution in [2.24, 2.45) is 10.3 Å². The lowest BCUT2D eigenvalue weighted by molar-refractivity contribution is -0.115. The van der Waals surface area contributed by atoms with Gasteiger partial charge in [-0.15, -0.1) is 0 Å². The molecule has 6 N–H and O–H groups in total. The van der Waals surface area contributed by atoms with E-state index >= 15 is 0 Å². The van der Waals surface area contributed by atoms with Gasteiger partial charge in [-0.3, -0.25) is 9.59 Å². The van der Waals surface area contributed by atoms with Gasteiger partial charge in [0.2, 0.25) is 0 Å². The molecule has 2 aromatic carbocycles. The predicted octanol–water partition coefficient (Wildman–Crippen LogP) is 5.23. The Hall–Kier alpha value is -2.94. The number of nitrogens with one attached hydrogen (secondary N) is 4. The second kappa shape index (κ2) is 14.6. The maximum Gasteiger partial charge on any atom is 0.269 e. The highest BCUT2D eigenvalue weighted by molar-refractivity contribution is 9.10. The molecule has 2 amide bonds. The fraction of sp³-hybridized carbons (Fsp3) is 0.231. The Balaban J connectivity index is 1.12. The molecule has 0 aliphatic heterocycles. The van der Waals surface area contributed by atoms with Crippen molar-refractivity contribution in [2.45, 2.75) is 12.8 Å². The van der Waals surface area contributed by atoms with Crippen molar-refractivity contribution >= 4 is 98.5 Å². The molecule has 0 aliphatic rings. The summed E-state index contributed by atoms with van der Waals surface area (Å²) in [6.07, 6.45) is 4.00. The lowest BCUT2D eigenvalue weighted by Crippen LogP contribution is -2.34. The number of nitrogens with zero attached hydrogens (tertiary/aromatic N) is 2. The Labute approximate surface area is 254 Å². The molecule has 210 valence electrons. The van der Waals surface area contributed by atoms with Crippen LogP contribution in [0, 0.1) is 0 Å². The van der Waals surface area contributed by atoms with E-state index in [1.807, 2.05) is 36.4 Å². The molecule has 2 heterocycles. The molecule has 0 saturated heterocycles. The van der Waals surface area contributed by atoms with Gasteiger partial charge in [0.1, 0.15) is 11.4 Å². The number of fused-ring (bicyclic) bond motifs is 2. The quantitative estimate of drug-likeness (QED) is 0.0367. The Kier molecular flexibility index (Phi) is 11.0. The Morgan fingerprint density at radius 3 is 1.57 bits per heavy atom. The van der Waals surface area contributed by atoms with E-state index in [0.717, 1.165) is 41.9 Å². The summed E-state index contributed by atoms with van der Waals surface area (Å²) in [5, 5.41) is 32.6. The molecule has 10 nitrogen and oxygen atoms in total. The van der Waals surface area contributed by atoms with E-state index in [4.69, 9.17) is 0 Å². The van der Waals surface area contributed by atoms with Crippen LogP contribution in [0.2, 0.25) is 0 Å². The van der Waals surface area contributed by atoms with Crippen molar-refractivity contribution in [3.63, 3.8) is 0 Å². The van der Waals surface area contributed by atoms with E-state index in [2.05, 4.69) is 62.8 Å². The Bertz CT molecular complexity index is 1450. The van der Waals surface area contributed by atoms with Crippen molar-refractivity contribution in [2.75, 3.05) is 24.6 Å². The van der Waals surface area contributed by atoms with E-state index in [0.29, 0.717) is 24.6 Å². The number of hydrogen-bond acceptors (Lipinski definition) is 8. The van der Waals surface area contributed by atoms with Gasteiger partial charge in [-0.1, -0.05) is 75.9 Å². The summed E-state index contributed by atoms with van der Waals surface area (Å²) in [6.45, 7) is 0.788. The number of hydrogen-bond donors (Lipinski definition) is 6. The van der Waals surface area contributed by atoms with Gasteiger partial charge in [0.25, 0.3) is 11.8 Å². The summed E-state index contributed by atoms with van der Waals surface area (Å²) in [6, 6.07) is 11.6. The molecule has 0 radical (unpaired) electrons. The van der Waals surface area contributed by atoms with Gasteiger partial charge in [-0.05, 0) is 35.4 Å². The van der Waals surface area contributed by atoms with Crippen LogP contribution >= 0.6 is 53.4 Å². The zero-order valence-electron chi connectivity index (χ0n) is 21.0. The first kappa shape index (κ1) is 30.0. The number of halogens is 2. The van der Waals surface area contributed by atoms with Crippen molar-refractivity contribution in [3.05, 3.63) is 68.9 Å². The van der Waals surface area contributed by atoms with Crippen molar-refractivity contribution in [1.82, 2.24) is 20.6 Å². The predicted molar refractivity (Wildman–Crippen MR) is 169 cm³/mol. The second-order valence-electron chi connectivity index (χ2n) is 8.61. The lowest BCUT2D eigenvalue weighted by atomic mass is 10.1. The van der Waals surface area contributed by atoms with Gasteiger partial charge in [0, 0.05) is 80.6 Å². The van der Waals surface area contributed by atoms with Crippen molar-refractivity contribution in [1.29, 1.82) is 0 Å². The lowest BCUT2D eigenvalue weighted by Gasteiger charge is -2.08. The van der Waals surface area contributed by atoms with Crippen LogP contribution in [0.4, 0.5) is 0 Å². The Morgan fingerprint density at radius 2 is 1.18 bits per heavy atom. The van der Waals surface area contributed by atoms with Crippen LogP contribution < -0.4 is 10.6 Å². The molecular formula is C26H26Br2N6O4S2. The number of aromatic amines is 2. The van der Waals surface area contributed by atoms with Gasteiger partial charge in [0.05, 0.1) is 0 Å². The van der Waals surface area contributed by atoms with Crippen molar-refractivity contribution < 1.29 is 20.0 Å². The molecule has 40 heavy (non-hydrogen) atoms. The minimum absolute atomic E-state index is 0.0334. The smallest absolute Gasteiger partial charge is 0.269 e. The van der Waals surface area contributed by atoms with Crippen LogP contribution in [0.5, 0.6) is 0 Å². The van der Waals surface area contributed by atoms with Crippen LogP contribution in [-0.2, 0) is 22.4 Å². The summed E-state index contributed by atoms with van der Waals surface area (Å²) in [4.78, 5) is 31.3. The van der Waals surface area contributed by atoms with E-state index in [9.17, 15) is 20.0 Å². The van der Waals surface area contributed by atoms with Gasteiger partial charge in [-0.2, -0.15) is 0 Å². The number of oxime groups is 2. The maximum atomic E-state index is 12.5. The zero-order valence-corrected chi connectivity index (χ0v) is 25.8. The molecule has 0 saturated carbocycles. The van der Waals surface area contributed by atoms with Crippen LogP contribution in [0.3, 0.4) is 0 Å². The number of amides is 2. The van der Waals surface area contributed by atoms with Gasteiger partial charge in [-0.25, -0.2) is 0 Å². The third kappa shape index (κ3) is 7.83. The first-order chi connectivity index (χ1) is 19.4. The van der Waals surface area contributed by atoms with Crippen LogP contribution in [0.15, 0.2) is 68.0 Å². The molecule has 0 spiro atoms. The first-order valence-corrected chi connectivity index (χ1v) is 16.2. The van der Waals surface area contributed by atoms with Crippen LogP contribution in [-0.4, -0.2) is 68.2 Å². The topological polar surface area (TPSA) is 155 Å². The van der Waals surface area contributed by atoms with Crippen LogP contribution in [0.1, 0.15) is 11.1 Å². The monoisotopic (exact) mass is 708 g/mol. The van der Waals surface area contributed by atoms with Gasteiger partial charge >= 0.3 is 0 Å². The molecule has 0 unspecified atom stereocenters. The highest BCUT2D eigenvalue weighted by Gasteiger charge is 2.17. The largest absolute Gasteiger partial charge is 0.410 e. The molecule has 4 rings (SSSR count). The highest BCUT2D eigenvalue weighted by Crippen LogP contribution is 2.24. The third-order valence-corrected chi connectivity index (χ3v) is 9.36. The molecule has 2 aromatic heterocycles. The number of benzene rings is 2. The summed E-state index contributed by atoms with van der Waals surface area (Å²) in [7, 11) is 3.09. The third-order valence-electron chi connectivity index (χ3n) is 5.97.